The molecule has 1 unspecified atom stereocenters. The number of benzene rings is 2. The van der Waals surface area contributed by atoms with E-state index in [-0.39, 0.29) is 11.9 Å². The van der Waals surface area contributed by atoms with Gasteiger partial charge in [-0.25, -0.2) is 4.98 Å². The van der Waals surface area contributed by atoms with Crippen molar-refractivity contribution >= 4 is 17.2 Å². The van der Waals surface area contributed by atoms with Crippen LogP contribution in [-0.4, -0.2) is 36.1 Å². The third-order valence-electron chi connectivity index (χ3n) is 4.93. The largest absolute Gasteiger partial charge is 0.493 e. The van der Waals surface area contributed by atoms with E-state index in [9.17, 15) is 4.79 Å². The lowest BCUT2D eigenvalue weighted by molar-refractivity contribution is 0.0666. The molecule has 0 N–H and O–H groups in total. The molecule has 1 aromatic heterocycles. The Morgan fingerprint density at radius 1 is 1.10 bits per heavy atom. The summed E-state index contributed by atoms with van der Waals surface area (Å²) < 4.78 is 10.7. The fourth-order valence-corrected chi connectivity index (χ4v) is 3.84. The van der Waals surface area contributed by atoms with E-state index in [4.69, 9.17) is 9.47 Å². The number of nitrogens with zero attached hydrogens (tertiary/aromatic N) is 2. The van der Waals surface area contributed by atoms with E-state index in [1.54, 1.807) is 14.2 Å². The summed E-state index contributed by atoms with van der Waals surface area (Å²) >= 11 is 1.45. The van der Waals surface area contributed by atoms with Gasteiger partial charge in [0.15, 0.2) is 11.5 Å². The molecule has 3 aromatic rings. The SMILES string of the molecule is CCC(C)N(Cc1ccccc1)C(=O)c1csc(-c2ccc(OC)c(OC)c2)n1. The Hall–Kier alpha value is -2.86. The normalized spacial score (nSPS) is 11.7. The maximum Gasteiger partial charge on any atom is 0.273 e. The number of aromatic nitrogens is 1. The number of carbonyl (C=O) groups excluding carboxylic acids is 1. The lowest BCUT2D eigenvalue weighted by Gasteiger charge is -2.28. The number of ether oxygens (including phenoxy) is 2. The topological polar surface area (TPSA) is 51.7 Å². The molecule has 0 aliphatic carbocycles. The van der Waals surface area contributed by atoms with Crippen LogP contribution in [0.2, 0.25) is 0 Å². The van der Waals surface area contributed by atoms with Gasteiger partial charge in [-0.3, -0.25) is 4.79 Å². The molecular formula is C23H26N2O3S. The second-order valence-corrected chi connectivity index (χ2v) is 7.64. The van der Waals surface area contributed by atoms with E-state index >= 15 is 0 Å². The summed E-state index contributed by atoms with van der Waals surface area (Å²) in [5.74, 6) is 1.25. The van der Waals surface area contributed by atoms with Crippen molar-refractivity contribution in [2.75, 3.05) is 14.2 Å². The van der Waals surface area contributed by atoms with Crippen molar-refractivity contribution < 1.29 is 14.3 Å². The number of thiazole rings is 1. The van der Waals surface area contributed by atoms with Crippen LogP contribution in [0, 0.1) is 0 Å². The average Bonchev–Trinajstić information content (AvgIpc) is 3.27. The van der Waals surface area contributed by atoms with Gasteiger partial charge in [0, 0.05) is 23.5 Å². The first-order chi connectivity index (χ1) is 14.1. The van der Waals surface area contributed by atoms with Crippen molar-refractivity contribution in [2.45, 2.75) is 32.9 Å². The monoisotopic (exact) mass is 410 g/mol. The number of methoxy groups -OCH3 is 2. The van der Waals surface area contributed by atoms with Crippen molar-refractivity contribution in [3.63, 3.8) is 0 Å². The van der Waals surface area contributed by atoms with Crippen LogP contribution in [0.4, 0.5) is 0 Å². The molecule has 0 aliphatic rings. The molecule has 1 atom stereocenters. The second-order valence-electron chi connectivity index (χ2n) is 6.78. The Morgan fingerprint density at radius 2 is 1.83 bits per heavy atom. The summed E-state index contributed by atoms with van der Waals surface area (Å²) in [6.45, 7) is 4.73. The molecule has 1 amide bonds. The molecule has 3 rings (SSSR count). The van der Waals surface area contributed by atoms with Gasteiger partial charge in [0.1, 0.15) is 10.7 Å². The number of hydrogen-bond donors (Lipinski definition) is 0. The van der Waals surface area contributed by atoms with Gasteiger partial charge in [-0.05, 0) is 37.1 Å². The van der Waals surface area contributed by atoms with Crippen LogP contribution in [-0.2, 0) is 6.54 Å². The first-order valence-corrected chi connectivity index (χ1v) is 10.5. The van der Waals surface area contributed by atoms with E-state index in [0.29, 0.717) is 23.7 Å². The van der Waals surface area contributed by atoms with Crippen LogP contribution in [0.15, 0.2) is 53.9 Å². The first kappa shape index (κ1) is 20.9. The highest BCUT2D eigenvalue weighted by Crippen LogP contribution is 2.33. The number of hydrogen-bond acceptors (Lipinski definition) is 5. The molecule has 0 spiro atoms. The predicted octanol–water partition coefficient (Wildman–Crippen LogP) is 5.27. The molecule has 0 radical (unpaired) electrons. The van der Waals surface area contributed by atoms with Crippen molar-refractivity contribution in [3.8, 4) is 22.1 Å². The highest BCUT2D eigenvalue weighted by atomic mass is 32.1. The zero-order chi connectivity index (χ0) is 20.8. The van der Waals surface area contributed by atoms with Gasteiger partial charge in [0.05, 0.1) is 14.2 Å². The molecular weight excluding hydrogens is 384 g/mol. The smallest absolute Gasteiger partial charge is 0.273 e. The first-order valence-electron chi connectivity index (χ1n) is 9.60. The van der Waals surface area contributed by atoms with Gasteiger partial charge < -0.3 is 14.4 Å². The van der Waals surface area contributed by atoms with Crippen LogP contribution < -0.4 is 9.47 Å². The quantitative estimate of drug-likeness (QED) is 0.508. The number of amides is 1. The van der Waals surface area contributed by atoms with Crippen molar-refractivity contribution in [2.24, 2.45) is 0 Å². The average molecular weight is 411 g/mol. The maximum atomic E-state index is 13.2. The fourth-order valence-electron chi connectivity index (χ4n) is 3.05. The molecule has 6 heteroatoms. The van der Waals surface area contributed by atoms with Crippen LogP contribution >= 0.6 is 11.3 Å². The Labute approximate surface area is 175 Å². The zero-order valence-electron chi connectivity index (χ0n) is 17.2. The lowest BCUT2D eigenvalue weighted by atomic mass is 10.1. The molecule has 29 heavy (non-hydrogen) atoms. The van der Waals surface area contributed by atoms with E-state index < -0.39 is 0 Å². The predicted molar refractivity (Wildman–Crippen MR) is 117 cm³/mol. The van der Waals surface area contributed by atoms with E-state index in [2.05, 4.69) is 18.8 Å². The molecule has 0 saturated carbocycles. The van der Waals surface area contributed by atoms with Gasteiger partial charge in [-0.1, -0.05) is 37.3 Å². The van der Waals surface area contributed by atoms with E-state index in [0.717, 1.165) is 22.6 Å². The number of carbonyl (C=O) groups is 1. The molecule has 2 aromatic carbocycles. The van der Waals surface area contributed by atoms with Crippen LogP contribution in [0.1, 0.15) is 36.3 Å². The minimum atomic E-state index is -0.0498. The minimum absolute atomic E-state index is 0.0498. The Kier molecular flexibility index (Phi) is 6.88. The molecule has 5 nitrogen and oxygen atoms in total. The Bertz CT molecular complexity index is 956. The summed E-state index contributed by atoms with van der Waals surface area (Å²) in [6.07, 6.45) is 0.880. The van der Waals surface area contributed by atoms with E-state index in [1.807, 2.05) is 58.8 Å². The molecule has 152 valence electrons. The van der Waals surface area contributed by atoms with Crippen molar-refractivity contribution in [1.82, 2.24) is 9.88 Å². The van der Waals surface area contributed by atoms with Gasteiger partial charge in [0.25, 0.3) is 5.91 Å². The fraction of sp³-hybridized carbons (Fsp3) is 0.304. The summed E-state index contributed by atoms with van der Waals surface area (Å²) in [7, 11) is 3.21. The standard InChI is InChI=1S/C23H26N2O3S/c1-5-16(2)25(14-17-9-7-6-8-10-17)23(26)19-15-29-22(24-19)18-11-12-20(27-3)21(13-18)28-4/h6-13,15-16H,5,14H2,1-4H3. The Balaban J connectivity index is 1.86. The lowest BCUT2D eigenvalue weighted by Crippen LogP contribution is -2.38. The zero-order valence-corrected chi connectivity index (χ0v) is 18.0. The molecule has 0 fully saturated rings. The van der Waals surface area contributed by atoms with Crippen LogP contribution in [0.25, 0.3) is 10.6 Å². The maximum absolute atomic E-state index is 13.2. The van der Waals surface area contributed by atoms with Crippen molar-refractivity contribution in [1.29, 1.82) is 0 Å². The summed E-state index contributed by atoms with van der Waals surface area (Å²) in [5.41, 5.74) is 2.47. The third kappa shape index (κ3) is 4.77. The Morgan fingerprint density at radius 3 is 2.48 bits per heavy atom. The molecule has 0 saturated heterocycles. The minimum Gasteiger partial charge on any atom is -0.493 e. The van der Waals surface area contributed by atoms with Crippen molar-refractivity contribution in [3.05, 3.63) is 65.2 Å². The summed E-state index contributed by atoms with van der Waals surface area (Å²) in [5, 5.41) is 2.60. The van der Waals surface area contributed by atoms with Gasteiger partial charge >= 0.3 is 0 Å². The second kappa shape index (κ2) is 9.56. The van der Waals surface area contributed by atoms with Gasteiger partial charge in [-0.2, -0.15) is 0 Å². The number of rotatable bonds is 8. The highest BCUT2D eigenvalue weighted by molar-refractivity contribution is 7.13. The van der Waals surface area contributed by atoms with Gasteiger partial charge in [-0.15, -0.1) is 11.3 Å². The van der Waals surface area contributed by atoms with Crippen LogP contribution in [0.3, 0.4) is 0 Å². The summed E-state index contributed by atoms with van der Waals surface area (Å²) in [4.78, 5) is 19.8. The molecule has 0 aliphatic heterocycles. The highest BCUT2D eigenvalue weighted by Gasteiger charge is 2.23. The summed E-state index contributed by atoms with van der Waals surface area (Å²) in [6, 6.07) is 15.8. The third-order valence-corrected chi connectivity index (χ3v) is 5.82. The van der Waals surface area contributed by atoms with Crippen LogP contribution in [0.5, 0.6) is 11.5 Å². The molecule has 0 bridgehead atoms. The van der Waals surface area contributed by atoms with Gasteiger partial charge in [0.2, 0.25) is 0 Å². The molecule has 1 heterocycles. The van der Waals surface area contributed by atoms with E-state index in [1.165, 1.54) is 11.3 Å².